The summed E-state index contributed by atoms with van der Waals surface area (Å²) in [5.41, 5.74) is -1.34. The second-order valence-electron chi connectivity index (χ2n) is 8.25. The summed E-state index contributed by atoms with van der Waals surface area (Å²) >= 11 is 0. The van der Waals surface area contributed by atoms with Crippen molar-refractivity contribution in [1.82, 2.24) is 5.01 Å². The Kier molecular flexibility index (Phi) is 5.00. The van der Waals surface area contributed by atoms with E-state index in [2.05, 4.69) is 0 Å². The average Bonchev–Trinajstić information content (AvgIpc) is 3.21. The molecule has 4 N–H and O–H groups in total. The van der Waals surface area contributed by atoms with Gasteiger partial charge in [0.25, 0.3) is 0 Å². The SMILES string of the molecule is CCC1C(C(=O)N(N)Cc2ccccc2)C2C(C(=O)O)C2(C)C1(CC)C(=O)O. The number of rotatable bonds is 7. The van der Waals surface area contributed by atoms with Crippen LogP contribution in [-0.2, 0) is 20.9 Å². The van der Waals surface area contributed by atoms with Gasteiger partial charge in [-0.2, -0.15) is 0 Å². The standard InChI is InChI=1S/C21H28N2O5/c1-4-13-14(17(24)23(22)11-12-9-7-6-8-10-12)15-16(18(25)26)20(15,3)21(13,5-2)19(27)28/h6-10,13-16H,4-5,11,22H2,1-3H3,(H,25,26)(H,27,28). The lowest BCUT2D eigenvalue weighted by atomic mass is 9.62. The van der Waals surface area contributed by atoms with Gasteiger partial charge in [-0.05, 0) is 23.8 Å². The van der Waals surface area contributed by atoms with Gasteiger partial charge in [0, 0.05) is 11.3 Å². The summed E-state index contributed by atoms with van der Waals surface area (Å²) < 4.78 is 0. The monoisotopic (exact) mass is 388 g/mol. The molecule has 2 fully saturated rings. The van der Waals surface area contributed by atoms with Crippen molar-refractivity contribution in [3.05, 3.63) is 35.9 Å². The first-order valence-corrected chi connectivity index (χ1v) is 9.74. The summed E-state index contributed by atoms with van der Waals surface area (Å²) in [6.45, 7) is 5.55. The molecule has 6 atom stereocenters. The minimum atomic E-state index is -1.25. The molecule has 7 heteroatoms. The Labute approximate surface area is 164 Å². The summed E-state index contributed by atoms with van der Waals surface area (Å²) in [7, 11) is 0. The molecule has 2 aliphatic rings. The van der Waals surface area contributed by atoms with Crippen molar-refractivity contribution in [2.75, 3.05) is 0 Å². The van der Waals surface area contributed by atoms with Crippen LogP contribution in [0.25, 0.3) is 0 Å². The molecule has 0 aliphatic heterocycles. The molecule has 2 saturated carbocycles. The van der Waals surface area contributed by atoms with Gasteiger partial charge in [0.15, 0.2) is 0 Å². The van der Waals surface area contributed by atoms with Crippen molar-refractivity contribution in [3.8, 4) is 0 Å². The molecule has 28 heavy (non-hydrogen) atoms. The highest BCUT2D eigenvalue weighted by Gasteiger charge is 2.86. The highest BCUT2D eigenvalue weighted by molar-refractivity contribution is 5.90. The number of carboxylic acids is 2. The molecule has 1 aromatic rings. The van der Waals surface area contributed by atoms with E-state index in [9.17, 15) is 24.6 Å². The van der Waals surface area contributed by atoms with Crippen molar-refractivity contribution < 1.29 is 24.6 Å². The Balaban J connectivity index is 1.98. The molecule has 1 amide bonds. The number of benzene rings is 1. The number of carbonyl (C=O) groups excluding carboxylic acids is 1. The minimum absolute atomic E-state index is 0.194. The molecule has 0 saturated heterocycles. The van der Waals surface area contributed by atoms with E-state index in [1.807, 2.05) is 37.3 Å². The van der Waals surface area contributed by atoms with Gasteiger partial charge < -0.3 is 10.2 Å². The smallest absolute Gasteiger partial charge is 0.310 e. The molecule has 1 aromatic carbocycles. The molecule has 6 unspecified atom stereocenters. The van der Waals surface area contributed by atoms with Gasteiger partial charge in [-0.3, -0.25) is 19.4 Å². The first-order valence-electron chi connectivity index (χ1n) is 9.74. The lowest BCUT2D eigenvalue weighted by molar-refractivity contribution is -0.161. The maximum atomic E-state index is 13.3. The number of nitrogens with two attached hydrogens (primary N) is 1. The molecular weight excluding hydrogens is 360 g/mol. The topological polar surface area (TPSA) is 121 Å². The highest BCUT2D eigenvalue weighted by atomic mass is 16.4. The van der Waals surface area contributed by atoms with Crippen molar-refractivity contribution in [2.45, 2.75) is 40.2 Å². The Hall–Kier alpha value is -2.41. The number of hydrogen-bond donors (Lipinski definition) is 3. The molecule has 3 rings (SSSR count). The second kappa shape index (κ2) is 6.88. The predicted octanol–water partition coefficient (Wildman–Crippen LogP) is 2.36. The number of carboxylic acid groups (broad SMARTS) is 2. The zero-order chi connectivity index (χ0) is 20.9. The van der Waals surface area contributed by atoms with Gasteiger partial charge in [-0.25, -0.2) is 5.84 Å². The van der Waals surface area contributed by atoms with Gasteiger partial charge >= 0.3 is 11.9 Å². The Morgan fingerprint density at radius 2 is 1.75 bits per heavy atom. The summed E-state index contributed by atoms with van der Waals surface area (Å²) in [6.07, 6.45) is 0.763. The third-order valence-electron chi connectivity index (χ3n) is 7.41. The highest BCUT2D eigenvalue weighted by Crippen LogP contribution is 2.81. The summed E-state index contributed by atoms with van der Waals surface area (Å²) in [5.74, 6) is 1.16. The third-order valence-corrected chi connectivity index (χ3v) is 7.41. The van der Waals surface area contributed by atoms with Gasteiger partial charge in [-0.1, -0.05) is 57.5 Å². The zero-order valence-corrected chi connectivity index (χ0v) is 16.5. The quantitative estimate of drug-likeness (QED) is 0.375. The summed E-state index contributed by atoms with van der Waals surface area (Å²) in [4.78, 5) is 37.6. The normalized spacial score (nSPS) is 35.9. The minimum Gasteiger partial charge on any atom is -0.481 e. The maximum Gasteiger partial charge on any atom is 0.310 e. The summed E-state index contributed by atoms with van der Waals surface area (Å²) in [5, 5.41) is 21.0. The second-order valence-corrected chi connectivity index (χ2v) is 8.25. The van der Waals surface area contributed by atoms with E-state index in [-0.39, 0.29) is 18.9 Å². The Morgan fingerprint density at radius 3 is 2.21 bits per heavy atom. The molecule has 152 valence electrons. The van der Waals surface area contributed by atoms with Crippen LogP contribution in [0.2, 0.25) is 0 Å². The van der Waals surface area contributed by atoms with Crippen LogP contribution >= 0.6 is 0 Å². The number of nitrogens with zero attached hydrogens (tertiary/aromatic N) is 1. The number of aliphatic carboxylic acids is 2. The van der Waals surface area contributed by atoms with E-state index >= 15 is 0 Å². The number of hydrazine groups is 1. The van der Waals surface area contributed by atoms with E-state index in [1.165, 1.54) is 0 Å². The molecule has 0 aromatic heterocycles. The number of carbonyl (C=O) groups is 3. The van der Waals surface area contributed by atoms with Crippen LogP contribution in [0.3, 0.4) is 0 Å². The van der Waals surface area contributed by atoms with E-state index in [1.54, 1.807) is 13.8 Å². The number of amides is 1. The predicted molar refractivity (Wildman–Crippen MR) is 102 cm³/mol. The fraction of sp³-hybridized carbons (Fsp3) is 0.571. The number of hydrogen-bond acceptors (Lipinski definition) is 4. The Morgan fingerprint density at radius 1 is 1.14 bits per heavy atom. The van der Waals surface area contributed by atoms with Crippen LogP contribution in [0.4, 0.5) is 0 Å². The number of fused-ring (bicyclic) bond motifs is 1. The van der Waals surface area contributed by atoms with Crippen LogP contribution in [-0.4, -0.2) is 33.1 Å². The van der Waals surface area contributed by atoms with Crippen molar-refractivity contribution >= 4 is 17.8 Å². The average molecular weight is 388 g/mol. The van der Waals surface area contributed by atoms with Crippen LogP contribution in [0.5, 0.6) is 0 Å². The van der Waals surface area contributed by atoms with E-state index in [0.29, 0.717) is 6.42 Å². The molecular formula is C21H28N2O5. The molecule has 0 heterocycles. The fourth-order valence-electron chi connectivity index (χ4n) is 6.23. The Bertz CT molecular complexity index is 797. The van der Waals surface area contributed by atoms with Gasteiger partial charge in [0.05, 0.1) is 17.9 Å². The lowest BCUT2D eigenvalue weighted by Gasteiger charge is -2.40. The third kappa shape index (κ3) is 2.49. The summed E-state index contributed by atoms with van der Waals surface area (Å²) in [6, 6.07) is 9.28. The van der Waals surface area contributed by atoms with Crippen LogP contribution in [0.1, 0.15) is 39.2 Å². The molecule has 0 radical (unpaired) electrons. The van der Waals surface area contributed by atoms with E-state index < -0.39 is 46.4 Å². The fourth-order valence-corrected chi connectivity index (χ4v) is 6.23. The van der Waals surface area contributed by atoms with Gasteiger partial charge in [0.2, 0.25) is 5.91 Å². The molecule has 0 spiro atoms. The van der Waals surface area contributed by atoms with Crippen LogP contribution in [0.15, 0.2) is 30.3 Å². The van der Waals surface area contributed by atoms with Crippen LogP contribution < -0.4 is 5.84 Å². The van der Waals surface area contributed by atoms with E-state index in [4.69, 9.17) is 5.84 Å². The first-order chi connectivity index (χ1) is 13.2. The van der Waals surface area contributed by atoms with Crippen molar-refractivity contribution in [1.29, 1.82) is 0 Å². The molecule has 7 nitrogen and oxygen atoms in total. The maximum absolute atomic E-state index is 13.3. The van der Waals surface area contributed by atoms with E-state index in [0.717, 1.165) is 10.6 Å². The lowest BCUT2D eigenvalue weighted by Crippen LogP contribution is -2.49. The largest absolute Gasteiger partial charge is 0.481 e. The molecule has 2 aliphatic carbocycles. The molecule has 0 bridgehead atoms. The van der Waals surface area contributed by atoms with Gasteiger partial charge in [-0.15, -0.1) is 0 Å². The van der Waals surface area contributed by atoms with Crippen LogP contribution in [0, 0.1) is 34.5 Å². The van der Waals surface area contributed by atoms with Gasteiger partial charge in [0.1, 0.15) is 0 Å². The van der Waals surface area contributed by atoms with Crippen molar-refractivity contribution in [3.63, 3.8) is 0 Å². The van der Waals surface area contributed by atoms with Crippen molar-refractivity contribution in [2.24, 2.45) is 40.3 Å². The zero-order valence-electron chi connectivity index (χ0n) is 16.5. The first kappa shape index (κ1) is 20.3.